The number of carbonyl (C=O) groups is 1. The zero-order chi connectivity index (χ0) is 15.4. The van der Waals surface area contributed by atoms with E-state index in [1.54, 1.807) is 37.3 Å². The van der Waals surface area contributed by atoms with Crippen molar-refractivity contribution >= 4 is 46.3 Å². The molecule has 108 valence electrons. The summed E-state index contributed by atoms with van der Waals surface area (Å²) < 4.78 is 0. The lowest BCUT2D eigenvalue weighted by Gasteiger charge is -2.07. The van der Waals surface area contributed by atoms with Crippen LogP contribution in [0.5, 0.6) is 0 Å². The Morgan fingerprint density at radius 3 is 2.48 bits per heavy atom. The summed E-state index contributed by atoms with van der Waals surface area (Å²) in [6, 6.07) is 12.0. The summed E-state index contributed by atoms with van der Waals surface area (Å²) in [4.78, 5) is 12.2. The molecule has 0 atom stereocenters. The average molecular weight is 341 g/mol. The molecule has 2 rings (SSSR count). The highest BCUT2D eigenvalue weighted by Gasteiger charge is 2.09. The molecule has 0 aliphatic heterocycles. The Bertz CT molecular complexity index is 710. The lowest BCUT2D eigenvalue weighted by molar-refractivity contribution is 0.104. The highest BCUT2D eigenvalue weighted by Crippen LogP contribution is 2.22. The number of hydrogen-bond acceptors (Lipinski definition) is 2. The quantitative estimate of drug-likeness (QED) is 0.559. The van der Waals surface area contributed by atoms with Crippen molar-refractivity contribution in [2.45, 2.75) is 6.92 Å². The van der Waals surface area contributed by atoms with Crippen LogP contribution in [0.15, 0.2) is 54.2 Å². The monoisotopic (exact) mass is 339 g/mol. The van der Waals surface area contributed by atoms with Crippen molar-refractivity contribution in [3.8, 4) is 0 Å². The molecule has 0 aliphatic rings. The average Bonchev–Trinajstić information content (AvgIpc) is 2.41. The molecule has 0 saturated carbocycles. The van der Waals surface area contributed by atoms with Gasteiger partial charge in [0.15, 0.2) is 5.78 Å². The van der Waals surface area contributed by atoms with Crippen molar-refractivity contribution in [2.75, 3.05) is 5.32 Å². The predicted molar refractivity (Wildman–Crippen MR) is 89.6 cm³/mol. The third-order valence-electron chi connectivity index (χ3n) is 2.71. The van der Waals surface area contributed by atoms with Gasteiger partial charge in [-0.15, -0.1) is 0 Å². The van der Waals surface area contributed by atoms with Crippen LogP contribution in [0.25, 0.3) is 0 Å². The summed E-state index contributed by atoms with van der Waals surface area (Å²) in [7, 11) is 0. The van der Waals surface area contributed by atoms with Crippen LogP contribution >= 0.6 is 34.8 Å². The lowest BCUT2D eigenvalue weighted by atomic mass is 10.1. The molecule has 21 heavy (non-hydrogen) atoms. The third-order valence-corrected chi connectivity index (χ3v) is 3.51. The number of allylic oxidation sites excluding steroid dienone is 2. The van der Waals surface area contributed by atoms with Gasteiger partial charge in [-0.3, -0.25) is 4.79 Å². The molecule has 0 saturated heterocycles. The highest BCUT2D eigenvalue weighted by atomic mass is 35.5. The first-order valence-electron chi connectivity index (χ1n) is 6.16. The van der Waals surface area contributed by atoms with Gasteiger partial charge in [0.2, 0.25) is 0 Å². The van der Waals surface area contributed by atoms with Gasteiger partial charge in [-0.2, -0.15) is 0 Å². The molecule has 0 spiro atoms. The number of anilines is 1. The number of benzene rings is 2. The van der Waals surface area contributed by atoms with Crippen LogP contribution < -0.4 is 5.32 Å². The Morgan fingerprint density at radius 1 is 1.05 bits per heavy atom. The molecule has 0 aromatic heterocycles. The maximum atomic E-state index is 12.2. The summed E-state index contributed by atoms with van der Waals surface area (Å²) in [5.41, 5.74) is 1.86. The first-order valence-corrected chi connectivity index (χ1v) is 7.29. The highest BCUT2D eigenvalue weighted by molar-refractivity contribution is 6.36. The predicted octanol–water partition coefficient (Wildman–Crippen LogP) is 5.85. The van der Waals surface area contributed by atoms with Gasteiger partial charge in [-0.05, 0) is 43.3 Å². The van der Waals surface area contributed by atoms with E-state index in [0.717, 1.165) is 5.69 Å². The summed E-state index contributed by atoms with van der Waals surface area (Å²) in [6.45, 7) is 1.79. The molecule has 0 unspecified atom stereocenters. The van der Waals surface area contributed by atoms with Crippen molar-refractivity contribution in [3.05, 3.63) is 74.9 Å². The van der Waals surface area contributed by atoms with Crippen molar-refractivity contribution < 1.29 is 4.79 Å². The van der Waals surface area contributed by atoms with Crippen LogP contribution in [0.1, 0.15) is 17.3 Å². The topological polar surface area (TPSA) is 29.1 Å². The van der Waals surface area contributed by atoms with Gasteiger partial charge in [0.25, 0.3) is 0 Å². The molecule has 1 N–H and O–H groups in total. The summed E-state index contributed by atoms with van der Waals surface area (Å²) in [5.74, 6) is -0.213. The minimum atomic E-state index is -0.213. The van der Waals surface area contributed by atoms with Gasteiger partial charge in [-0.1, -0.05) is 40.9 Å². The smallest absolute Gasteiger partial charge is 0.189 e. The standard InChI is InChI=1S/C16H12Cl3NO/c1-10(20-13-4-2-3-11(17)8-13)7-16(21)14-9-12(18)5-6-15(14)19/h2-9,20H,1H3/b10-7-. The van der Waals surface area contributed by atoms with E-state index >= 15 is 0 Å². The number of nitrogens with one attached hydrogen (secondary N) is 1. The Labute approximate surface area is 138 Å². The fourth-order valence-corrected chi connectivity index (χ4v) is 2.36. The summed E-state index contributed by atoms with van der Waals surface area (Å²) >= 11 is 17.8. The van der Waals surface area contributed by atoms with Crippen LogP contribution in [0.2, 0.25) is 15.1 Å². The molecule has 0 heterocycles. The van der Waals surface area contributed by atoms with Gasteiger partial charge in [0.05, 0.1) is 5.02 Å². The lowest BCUT2D eigenvalue weighted by Crippen LogP contribution is -2.02. The van der Waals surface area contributed by atoms with E-state index in [2.05, 4.69) is 5.32 Å². The molecular formula is C16H12Cl3NO. The van der Waals surface area contributed by atoms with Crippen LogP contribution in [0, 0.1) is 0 Å². The van der Waals surface area contributed by atoms with Crippen molar-refractivity contribution in [1.82, 2.24) is 0 Å². The molecule has 0 radical (unpaired) electrons. The molecular weight excluding hydrogens is 329 g/mol. The molecule has 0 amide bonds. The Morgan fingerprint density at radius 2 is 1.76 bits per heavy atom. The molecule has 0 fully saturated rings. The first kappa shape index (κ1) is 15.9. The third kappa shape index (κ3) is 4.50. The van der Waals surface area contributed by atoms with E-state index in [1.165, 1.54) is 6.08 Å². The Balaban J connectivity index is 2.18. The number of hydrogen-bond donors (Lipinski definition) is 1. The molecule has 0 aliphatic carbocycles. The maximum absolute atomic E-state index is 12.2. The van der Waals surface area contributed by atoms with Gasteiger partial charge in [0, 0.05) is 33.1 Å². The van der Waals surface area contributed by atoms with E-state index in [4.69, 9.17) is 34.8 Å². The number of rotatable bonds is 4. The molecule has 0 bridgehead atoms. The van der Waals surface area contributed by atoms with Crippen molar-refractivity contribution in [1.29, 1.82) is 0 Å². The van der Waals surface area contributed by atoms with E-state index in [-0.39, 0.29) is 5.78 Å². The minimum Gasteiger partial charge on any atom is -0.359 e. The summed E-state index contributed by atoms with van der Waals surface area (Å²) in [5, 5.41) is 4.56. The first-order chi connectivity index (χ1) is 9.95. The van der Waals surface area contributed by atoms with Gasteiger partial charge in [-0.25, -0.2) is 0 Å². The fourth-order valence-electron chi connectivity index (χ4n) is 1.79. The second-order valence-electron chi connectivity index (χ2n) is 4.45. The van der Waals surface area contributed by atoms with Crippen molar-refractivity contribution in [2.24, 2.45) is 0 Å². The number of carbonyl (C=O) groups excluding carboxylic acids is 1. The van der Waals surface area contributed by atoms with Gasteiger partial charge >= 0.3 is 0 Å². The van der Waals surface area contributed by atoms with Crippen molar-refractivity contribution in [3.63, 3.8) is 0 Å². The van der Waals surface area contributed by atoms with Crippen LogP contribution in [-0.4, -0.2) is 5.78 Å². The van der Waals surface area contributed by atoms with E-state index in [1.807, 2.05) is 12.1 Å². The van der Waals surface area contributed by atoms with Crippen LogP contribution in [-0.2, 0) is 0 Å². The maximum Gasteiger partial charge on any atom is 0.189 e. The molecule has 2 nitrogen and oxygen atoms in total. The van der Waals surface area contributed by atoms with E-state index in [0.29, 0.717) is 26.3 Å². The number of halogens is 3. The van der Waals surface area contributed by atoms with Crippen LogP contribution in [0.4, 0.5) is 5.69 Å². The second kappa shape index (κ2) is 6.99. The van der Waals surface area contributed by atoms with Gasteiger partial charge in [0.1, 0.15) is 0 Å². The largest absolute Gasteiger partial charge is 0.359 e. The normalized spacial score (nSPS) is 11.3. The fraction of sp³-hybridized carbons (Fsp3) is 0.0625. The zero-order valence-electron chi connectivity index (χ0n) is 11.2. The Kier molecular flexibility index (Phi) is 5.29. The second-order valence-corrected chi connectivity index (χ2v) is 5.73. The minimum absolute atomic E-state index is 0.213. The van der Waals surface area contributed by atoms with E-state index in [9.17, 15) is 4.79 Å². The zero-order valence-corrected chi connectivity index (χ0v) is 13.4. The van der Waals surface area contributed by atoms with E-state index < -0.39 is 0 Å². The van der Waals surface area contributed by atoms with Crippen LogP contribution in [0.3, 0.4) is 0 Å². The van der Waals surface area contributed by atoms with Gasteiger partial charge < -0.3 is 5.32 Å². The Hall–Kier alpha value is -1.48. The molecule has 2 aromatic carbocycles. The molecule has 2 aromatic rings. The number of ketones is 1. The SMILES string of the molecule is C/C(=C/C(=O)c1cc(Cl)ccc1Cl)Nc1cccc(Cl)c1. The molecule has 5 heteroatoms. The summed E-state index contributed by atoms with van der Waals surface area (Å²) in [6.07, 6.45) is 1.47.